The summed E-state index contributed by atoms with van der Waals surface area (Å²) < 4.78 is 0. The van der Waals surface area contributed by atoms with Crippen molar-refractivity contribution in [1.82, 2.24) is 15.2 Å². The normalized spacial score (nSPS) is 12.6. The summed E-state index contributed by atoms with van der Waals surface area (Å²) in [5, 5.41) is 13.9. The van der Waals surface area contributed by atoms with Gasteiger partial charge in [-0.3, -0.25) is 0 Å². The Bertz CT molecular complexity index is 745. The van der Waals surface area contributed by atoms with Crippen LogP contribution in [0.5, 0.6) is 0 Å². The van der Waals surface area contributed by atoms with E-state index >= 15 is 0 Å². The average molecular weight is 284 g/mol. The largest absolute Gasteiger partial charge is 0.376 e. The topological polar surface area (TPSA) is 50.7 Å². The van der Waals surface area contributed by atoms with Crippen molar-refractivity contribution < 1.29 is 0 Å². The van der Waals surface area contributed by atoms with E-state index in [4.69, 9.17) is 0 Å². The third kappa shape index (κ3) is 2.36. The second-order valence-electron chi connectivity index (χ2n) is 4.82. The molecule has 0 saturated heterocycles. The maximum atomic E-state index is 4.49. The summed E-state index contributed by atoms with van der Waals surface area (Å²) in [6.07, 6.45) is 1.78. The van der Waals surface area contributed by atoms with Crippen molar-refractivity contribution in [2.75, 3.05) is 5.32 Å². The predicted octanol–water partition coefficient (Wildman–Crippen LogP) is 3.88. The lowest BCUT2D eigenvalue weighted by Crippen LogP contribution is -2.07. The molecule has 5 heteroatoms. The molecule has 0 aliphatic rings. The van der Waals surface area contributed by atoms with Crippen LogP contribution >= 0.6 is 11.3 Å². The summed E-state index contributed by atoms with van der Waals surface area (Å²) >= 11 is 1.74. The number of nitrogens with zero attached hydrogens (tertiary/aromatic N) is 3. The van der Waals surface area contributed by atoms with Crippen LogP contribution in [0, 0.1) is 13.8 Å². The van der Waals surface area contributed by atoms with Gasteiger partial charge in [-0.1, -0.05) is 18.2 Å². The summed E-state index contributed by atoms with van der Waals surface area (Å²) in [7, 11) is 0. The van der Waals surface area contributed by atoms with Crippen LogP contribution in [0.1, 0.15) is 28.5 Å². The van der Waals surface area contributed by atoms with Gasteiger partial charge in [0.15, 0.2) is 0 Å². The summed E-state index contributed by atoms with van der Waals surface area (Å²) in [4.78, 5) is 5.75. The highest BCUT2D eigenvalue weighted by Gasteiger charge is 2.14. The van der Waals surface area contributed by atoms with Crippen molar-refractivity contribution in [1.29, 1.82) is 0 Å². The molecule has 2 aromatic heterocycles. The monoisotopic (exact) mass is 284 g/mol. The Hall–Kier alpha value is -2.01. The molecule has 0 spiro atoms. The van der Waals surface area contributed by atoms with E-state index in [9.17, 15) is 0 Å². The van der Waals surface area contributed by atoms with Gasteiger partial charge in [-0.05, 0) is 26.8 Å². The number of aromatic nitrogens is 3. The van der Waals surface area contributed by atoms with Crippen molar-refractivity contribution in [3.05, 3.63) is 46.0 Å². The predicted molar refractivity (Wildman–Crippen MR) is 83.2 cm³/mol. The van der Waals surface area contributed by atoms with E-state index in [2.05, 4.69) is 40.4 Å². The minimum absolute atomic E-state index is 0.203. The maximum absolute atomic E-state index is 4.49. The van der Waals surface area contributed by atoms with Gasteiger partial charge in [0.25, 0.3) is 0 Å². The molecule has 0 bridgehead atoms. The fourth-order valence-electron chi connectivity index (χ4n) is 2.37. The van der Waals surface area contributed by atoms with Crippen LogP contribution in [-0.4, -0.2) is 15.2 Å². The number of aryl methyl sites for hydroxylation is 2. The minimum Gasteiger partial charge on any atom is -0.376 e. The SMILES string of the molecule is Cc1nc(C)c(C(C)Nc2cnnc3ccccc23)s1. The molecule has 1 N–H and O–H groups in total. The second kappa shape index (κ2) is 5.17. The Labute approximate surface area is 121 Å². The third-order valence-corrected chi connectivity index (χ3v) is 4.51. The first-order valence-electron chi connectivity index (χ1n) is 6.56. The van der Waals surface area contributed by atoms with Gasteiger partial charge in [0.05, 0.1) is 34.1 Å². The lowest BCUT2D eigenvalue weighted by Gasteiger charge is -2.15. The van der Waals surface area contributed by atoms with E-state index in [0.717, 1.165) is 27.3 Å². The molecule has 4 nitrogen and oxygen atoms in total. The molecule has 1 aromatic carbocycles. The van der Waals surface area contributed by atoms with Crippen molar-refractivity contribution in [3.63, 3.8) is 0 Å². The van der Waals surface area contributed by atoms with Gasteiger partial charge in [0.1, 0.15) is 0 Å². The molecule has 1 atom stereocenters. The number of hydrogen-bond donors (Lipinski definition) is 1. The molecule has 2 heterocycles. The number of fused-ring (bicyclic) bond motifs is 1. The van der Waals surface area contributed by atoms with Gasteiger partial charge in [-0.2, -0.15) is 10.2 Å². The Morgan fingerprint density at radius 1 is 1.20 bits per heavy atom. The van der Waals surface area contributed by atoms with Crippen LogP contribution in [0.25, 0.3) is 10.9 Å². The first kappa shape index (κ1) is 13.0. The lowest BCUT2D eigenvalue weighted by atomic mass is 10.2. The molecular weight excluding hydrogens is 268 g/mol. The summed E-state index contributed by atoms with van der Waals surface area (Å²) in [5.41, 5.74) is 3.01. The smallest absolute Gasteiger partial charge is 0.0950 e. The zero-order valence-corrected chi connectivity index (χ0v) is 12.5. The van der Waals surface area contributed by atoms with Crippen LogP contribution in [-0.2, 0) is 0 Å². The Morgan fingerprint density at radius 3 is 2.75 bits per heavy atom. The molecule has 0 saturated carbocycles. The van der Waals surface area contributed by atoms with Crippen LogP contribution < -0.4 is 5.32 Å². The first-order valence-corrected chi connectivity index (χ1v) is 7.37. The van der Waals surface area contributed by atoms with Crippen LogP contribution in [0.4, 0.5) is 5.69 Å². The first-order chi connectivity index (χ1) is 9.65. The fraction of sp³-hybridized carbons (Fsp3) is 0.267. The number of thiazole rings is 1. The van der Waals surface area contributed by atoms with Gasteiger partial charge in [-0.15, -0.1) is 11.3 Å². The molecule has 0 radical (unpaired) electrons. The highest BCUT2D eigenvalue weighted by molar-refractivity contribution is 7.11. The number of nitrogens with one attached hydrogen (secondary N) is 1. The number of anilines is 1. The number of hydrogen-bond acceptors (Lipinski definition) is 5. The molecular formula is C15H16N4S. The molecule has 102 valence electrons. The van der Waals surface area contributed by atoms with E-state index in [-0.39, 0.29) is 6.04 Å². The molecule has 20 heavy (non-hydrogen) atoms. The highest BCUT2D eigenvalue weighted by atomic mass is 32.1. The van der Waals surface area contributed by atoms with Crippen molar-refractivity contribution in [3.8, 4) is 0 Å². The van der Waals surface area contributed by atoms with E-state index in [1.165, 1.54) is 4.88 Å². The number of rotatable bonds is 3. The van der Waals surface area contributed by atoms with E-state index in [1.807, 2.05) is 25.1 Å². The number of benzene rings is 1. The molecule has 3 rings (SSSR count). The fourth-order valence-corrected chi connectivity index (χ4v) is 3.30. The molecule has 0 aliphatic carbocycles. The lowest BCUT2D eigenvalue weighted by molar-refractivity contribution is 0.887. The zero-order valence-electron chi connectivity index (χ0n) is 11.7. The van der Waals surface area contributed by atoms with Crippen LogP contribution in [0.3, 0.4) is 0 Å². The molecule has 1 unspecified atom stereocenters. The standard InChI is InChI=1S/C15H16N4S/c1-9-15(20-11(3)17-9)10(2)18-14-8-16-19-13-7-5-4-6-12(13)14/h4-8,10H,1-3H3,(H,18,19). The van der Waals surface area contributed by atoms with E-state index < -0.39 is 0 Å². The van der Waals surface area contributed by atoms with Crippen molar-refractivity contribution in [2.45, 2.75) is 26.8 Å². The maximum Gasteiger partial charge on any atom is 0.0950 e. The second-order valence-corrected chi connectivity index (χ2v) is 6.06. The van der Waals surface area contributed by atoms with Crippen molar-refractivity contribution in [2.24, 2.45) is 0 Å². The summed E-state index contributed by atoms with van der Waals surface area (Å²) in [6, 6.07) is 8.22. The van der Waals surface area contributed by atoms with Crippen LogP contribution in [0.2, 0.25) is 0 Å². The van der Waals surface area contributed by atoms with E-state index in [0.29, 0.717) is 0 Å². The molecule has 0 amide bonds. The highest BCUT2D eigenvalue weighted by Crippen LogP contribution is 2.29. The van der Waals surface area contributed by atoms with Gasteiger partial charge >= 0.3 is 0 Å². The third-order valence-electron chi connectivity index (χ3n) is 3.25. The van der Waals surface area contributed by atoms with Crippen molar-refractivity contribution >= 4 is 27.9 Å². The summed E-state index contributed by atoms with van der Waals surface area (Å²) in [5.74, 6) is 0. The average Bonchev–Trinajstić information content (AvgIpc) is 2.78. The van der Waals surface area contributed by atoms with Gasteiger partial charge in [-0.25, -0.2) is 4.98 Å². The summed E-state index contributed by atoms with van der Waals surface area (Å²) in [6.45, 7) is 6.24. The molecule has 0 fully saturated rings. The molecule has 0 aliphatic heterocycles. The van der Waals surface area contributed by atoms with E-state index in [1.54, 1.807) is 17.5 Å². The minimum atomic E-state index is 0.203. The molecule has 3 aromatic rings. The quantitative estimate of drug-likeness (QED) is 0.793. The Morgan fingerprint density at radius 2 is 2.00 bits per heavy atom. The Balaban J connectivity index is 1.95. The van der Waals surface area contributed by atoms with Crippen LogP contribution in [0.15, 0.2) is 30.5 Å². The Kier molecular flexibility index (Phi) is 3.36. The van der Waals surface area contributed by atoms with Gasteiger partial charge < -0.3 is 5.32 Å². The van der Waals surface area contributed by atoms with Gasteiger partial charge in [0.2, 0.25) is 0 Å². The zero-order chi connectivity index (χ0) is 14.1. The van der Waals surface area contributed by atoms with Gasteiger partial charge in [0, 0.05) is 10.3 Å².